The first-order valence-corrected chi connectivity index (χ1v) is 6.73. The number of aromatic nitrogens is 3. The Kier molecular flexibility index (Phi) is 3.82. The topological polar surface area (TPSA) is 80.0 Å². The Morgan fingerprint density at radius 1 is 1.18 bits per heavy atom. The number of carbonyl (C=O) groups is 1. The minimum Gasteiger partial charge on any atom is -0.507 e. The fourth-order valence-electron chi connectivity index (χ4n) is 2.06. The summed E-state index contributed by atoms with van der Waals surface area (Å²) in [5.74, 6) is -0.429. The number of anilines is 1. The van der Waals surface area contributed by atoms with Crippen molar-refractivity contribution in [3.63, 3.8) is 0 Å². The largest absolute Gasteiger partial charge is 0.507 e. The van der Waals surface area contributed by atoms with E-state index in [2.05, 4.69) is 15.4 Å². The number of aromatic hydroxyl groups is 1. The molecule has 2 N–H and O–H groups in total. The van der Waals surface area contributed by atoms with Gasteiger partial charge in [-0.1, -0.05) is 18.2 Å². The molecule has 0 unspecified atom stereocenters. The highest BCUT2D eigenvalue weighted by Crippen LogP contribution is 2.17. The standard InChI is InChI=1S/C16H14N4O2/c21-15-6-2-1-5-14(15)16(22)19-13-9-18-20(11-13)10-12-4-3-7-17-8-12/h1-9,11,21H,10H2,(H,19,22). The monoisotopic (exact) mass is 294 g/mol. The number of hydrogen-bond acceptors (Lipinski definition) is 4. The zero-order valence-electron chi connectivity index (χ0n) is 11.7. The molecule has 22 heavy (non-hydrogen) atoms. The van der Waals surface area contributed by atoms with Crippen molar-refractivity contribution in [3.8, 4) is 5.75 Å². The van der Waals surface area contributed by atoms with E-state index in [1.54, 1.807) is 47.7 Å². The lowest BCUT2D eigenvalue weighted by molar-refractivity contribution is 0.102. The number of carbonyl (C=O) groups excluding carboxylic acids is 1. The highest BCUT2D eigenvalue weighted by molar-refractivity contribution is 6.05. The molecule has 1 aromatic carbocycles. The highest BCUT2D eigenvalue weighted by Gasteiger charge is 2.11. The van der Waals surface area contributed by atoms with Gasteiger partial charge in [-0.05, 0) is 23.8 Å². The number of amides is 1. The first-order valence-electron chi connectivity index (χ1n) is 6.73. The van der Waals surface area contributed by atoms with E-state index in [4.69, 9.17) is 0 Å². The second-order valence-corrected chi connectivity index (χ2v) is 4.76. The Hall–Kier alpha value is -3.15. The highest BCUT2D eigenvalue weighted by atomic mass is 16.3. The fraction of sp³-hybridized carbons (Fsp3) is 0.0625. The maximum absolute atomic E-state index is 12.1. The zero-order chi connectivity index (χ0) is 15.4. The van der Waals surface area contributed by atoms with Crippen LogP contribution in [-0.2, 0) is 6.54 Å². The van der Waals surface area contributed by atoms with Gasteiger partial charge in [-0.2, -0.15) is 5.10 Å². The van der Waals surface area contributed by atoms with Gasteiger partial charge in [0.2, 0.25) is 0 Å². The maximum Gasteiger partial charge on any atom is 0.259 e. The molecule has 0 spiro atoms. The van der Waals surface area contributed by atoms with E-state index >= 15 is 0 Å². The third-order valence-corrected chi connectivity index (χ3v) is 3.11. The van der Waals surface area contributed by atoms with E-state index in [0.717, 1.165) is 5.56 Å². The van der Waals surface area contributed by atoms with E-state index in [1.807, 2.05) is 12.1 Å². The molecule has 0 atom stereocenters. The first kappa shape index (κ1) is 13.8. The van der Waals surface area contributed by atoms with Crippen LogP contribution in [0.15, 0.2) is 61.2 Å². The molecule has 1 amide bonds. The van der Waals surface area contributed by atoms with Gasteiger partial charge in [-0.15, -0.1) is 0 Å². The summed E-state index contributed by atoms with van der Waals surface area (Å²) in [5.41, 5.74) is 1.81. The van der Waals surface area contributed by atoms with Gasteiger partial charge in [-0.25, -0.2) is 0 Å². The van der Waals surface area contributed by atoms with Gasteiger partial charge in [0, 0.05) is 18.6 Å². The Balaban J connectivity index is 1.69. The lowest BCUT2D eigenvalue weighted by Crippen LogP contribution is -2.11. The summed E-state index contributed by atoms with van der Waals surface area (Å²) in [6.45, 7) is 0.570. The number of nitrogens with one attached hydrogen (secondary N) is 1. The van der Waals surface area contributed by atoms with Gasteiger partial charge >= 0.3 is 0 Å². The average Bonchev–Trinajstić information content (AvgIpc) is 2.95. The molecule has 0 aliphatic rings. The number of nitrogens with zero attached hydrogens (tertiary/aromatic N) is 3. The third-order valence-electron chi connectivity index (χ3n) is 3.11. The second kappa shape index (κ2) is 6.09. The summed E-state index contributed by atoms with van der Waals surface area (Å²) < 4.78 is 1.71. The molecule has 3 aromatic rings. The van der Waals surface area contributed by atoms with Crippen LogP contribution in [0.3, 0.4) is 0 Å². The number of phenolic OH excluding ortho intramolecular Hbond substituents is 1. The van der Waals surface area contributed by atoms with Crippen molar-refractivity contribution in [1.82, 2.24) is 14.8 Å². The van der Waals surface area contributed by atoms with Crippen LogP contribution < -0.4 is 5.32 Å². The molecule has 0 radical (unpaired) electrons. The SMILES string of the molecule is O=C(Nc1cnn(Cc2cccnc2)c1)c1ccccc1O. The van der Waals surface area contributed by atoms with Crippen LogP contribution in [0.4, 0.5) is 5.69 Å². The predicted molar refractivity (Wildman–Crippen MR) is 81.6 cm³/mol. The van der Waals surface area contributed by atoms with Crippen molar-refractivity contribution < 1.29 is 9.90 Å². The van der Waals surface area contributed by atoms with E-state index in [0.29, 0.717) is 12.2 Å². The van der Waals surface area contributed by atoms with Crippen LogP contribution in [-0.4, -0.2) is 25.8 Å². The smallest absolute Gasteiger partial charge is 0.259 e. The Labute approximate surface area is 127 Å². The number of para-hydroxylation sites is 1. The van der Waals surface area contributed by atoms with Gasteiger partial charge in [0.1, 0.15) is 5.75 Å². The van der Waals surface area contributed by atoms with Crippen molar-refractivity contribution in [3.05, 3.63) is 72.3 Å². The molecule has 0 saturated heterocycles. The van der Waals surface area contributed by atoms with E-state index < -0.39 is 0 Å². The molecular weight excluding hydrogens is 280 g/mol. The molecule has 2 heterocycles. The predicted octanol–water partition coefficient (Wildman–Crippen LogP) is 2.28. The average molecular weight is 294 g/mol. The van der Waals surface area contributed by atoms with Crippen LogP contribution in [0.2, 0.25) is 0 Å². The number of pyridine rings is 1. The molecule has 6 heteroatoms. The Morgan fingerprint density at radius 3 is 2.82 bits per heavy atom. The Morgan fingerprint density at radius 2 is 2.05 bits per heavy atom. The lowest BCUT2D eigenvalue weighted by Gasteiger charge is -2.04. The van der Waals surface area contributed by atoms with Crippen molar-refractivity contribution in [2.75, 3.05) is 5.32 Å². The second-order valence-electron chi connectivity index (χ2n) is 4.76. The minimum absolute atomic E-state index is 0.0530. The summed E-state index contributed by atoms with van der Waals surface area (Å²) in [7, 11) is 0. The molecule has 6 nitrogen and oxygen atoms in total. The van der Waals surface area contributed by atoms with Crippen molar-refractivity contribution in [2.24, 2.45) is 0 Å². The van der Waals surface area contributed by atoms with Gasteiger partial charge in [0.05, 0.1) is 24.0 Å². The molecule has 3 rings (SSSR count). The van der Waals surface area contributed by atoms with E-state index in [9.17, 15) is 9.90 Å². The van der Waals surface area contributed by atoms with Crippen LogP contribution in [0.1, 0.15) is 15.9 Å². The van der Waals surface area contributed by atoms with Crippen LogP contribution in [0.25, 0.3) is 0 Å². The van der Waals surface area contributed by atoms with Gasteiger partial charge in [0.15, 0.2) is 0 Å². The molecule has 0 saturated carbocycles. The number of hydrogen-bond donors (Lipinski definition) is 2. The minimum atomic E-state index is -0.376. The van der Waals surface area contributed by atoms with Crippen molar-refractivity contribution in [2.45, 2.75) is 6.54 Å². The Bertz CT molecular complexity index is 784. The van der Waals surface area contributed by atoms with Gasteiger partial charge in [-0.3, -0.25) is 14.5 Å². The number of rotatable bonds is 4. The van der Waals surface area contributed by atoms with E-state index in [1.165, 1.54) is 6.07 Å². The molecule has 0 fully saturated rings. The molecular formula is C16H14N4O2. The van der Waals surface area contributed by atoms with Gasteiger partial charge in [0.25, 0.3) is 5.91 Å². The molecule has 0 aliphatic heterocycles. The molecule has 0 bridgehead atoms. The quantitative estimate of drug-likeness (QED) is 0.773. The van der Waals surface area contributed by atoms with Crippen LogP contribution in [0, 0.1) is 0 Å². The molecule has 2 aromatic heterocycles. The summed E-state index contributed by atoms with van der Waals surface area (Å²) in [4.78, 5) is 16.1. The zero-order valence-corrected chi connectivity index (χ0v) is 11.7. The third kappa shape index (κ3) is 3.12. The van der Waals surface area contributed by atoms with Crippen molar-refractivity contribution in [1.29, 1.82) is 0 Å². The molecule has 110 valence electrons. The molecule has 0 aliphatic carbocycles. The summed E-state index contributed by atoms with van der Waals surface area (Å²) in [6.07, 6.45) is 6.77. The fourth-order valence-corrected chi connectivity index (χ4v) is 2.06. The van der Waals surface area contributed by atoms with Crippen LogP contribution in [0.5, 0.6) is 5.75 Å². The van der Waals surface area contributed by atoms with Crippen molar-refractivity contribution >= 4 is 11.6 Å². The number of phenols is 1. The summed E-state index contributed by atoms with van der Waals surface area (Å²) in [5, 5.41) is 16.6. The van der Waals surface area contributed by atoms with E-state index in [-0.39, 0.29) is 17.2 Å². The summed E-state index contributed by atoms with van der Waals surface area (Å²) >= 11 is 0. The summed E-state index contributed by atoms with van der Waals surface area (Å²) in [6, 6.07) is 10.2. The van der Waals surface area contributed by atoms with Crippen LogP contribution >= 0.6 is 0 Å². The normalized spacial score (nSPS) is 10.4. The lowest BCUT2D eigenvalue weighted by atomic mass is 10.2. The van der Waals surface area contributed by atoms with Gasteiger partial charge < -0.3 is 10.4 Å². The first-order chi connectivity index (χ1) is 10.7. The number of benzene rings is 1. The maximum atomic E-state index is 12.1.